The number of methoxy groups -OCH3 is 2. The topological polar surface area (TPSA) is 76.7 Å². The summed E-state index contributed by atoms with van der Waals surface area (Å²) in [5, 5.41) is 7.65. The predicted molar refractivity (Wildman–Crippen MR) is 157 cm³/mol. The highest BCUT2D eigenvalue weighted by atomic mass is 16.5. The Morgan fingerprint density at radius 3 is 2.29 bits per heavy atom. The maximum absolute atomic E-state index is 13.9. The Hall–Kier alpha value is -5.04. The number of benzene rings is 4. The van der Waals surface area contributed by atoms with Crippen LogP contribution in [0.2, 0.25) is 0 Å². The lowest BCUT2D eigenvalue weighted by molar-refractivity contribution is 0.0730. The molecule has 0 bridgehead atoms. The summed E-state index contributed by atoms with van der Waals surface area (Å²) in [4.78, 5) is 15.7. The zero-order valence-corrected chi connectivity index (χ0v) is 23.3. The van der Waals surface area contributed by atoms with E-state index in [1.807, 2.05) is 89.8 Å². The van der Waals surface area contributed by atoms with Gasteiger partial charge in [0.2, 0.25) is 0 Å². The fourth-order valence-corrected chi connectivity index (χ4v) is 5.27. The molecule has 41 heavy (non-hydrogen) atoms. The van der Waals surface area contributed by atoms with Crippen molar-refractivity contribution >= 4 is 5.91 Å². The number of nitrogens with zero attached hydrogens (tertiary/aromatic N) is 2. The largest absolute Gasteiger partial charge is 0.497 e. The molecule has 2 heterocycles. The Labute approximate surface area is 239 Å². The molecular formula is C34H31N3O4. The van der Waals surface area contributed by atoms with Gasteiger partial charge in [-0.3, -0.25) is 9.89 Å². The van der Waals surface area contributed by atoms with Crippen LogP contribution in [-0.4, -0.2) is 35.2 Å². The molecule has 7 nitrogen and oxygen atoms in total. The highest BCUT2D eigenvalue weighted by Gasteiger charge is 2.42. The number of aryl methyl sites for hydroxylation is 1. The average Bonchev–Trinajstić information content (AvgIpc) is 3.56. The minimum atomic E-state index is -0.383. The Morgan fingerprint density at radius 1 is 0.829 bits per heavy atom. The van der Waals surface area contributed by atoms with Crippen molar-refractivity contribution in [1.82, 2.24) is 15.1 Å². The van der Waals surface area contributed by atoms with Crippen molar-refractivity contribution in [2.75, 3.05) is 14.2 Å². The van der Waals surface area contributed by atoms with Crippen LogP contribution in [-0.2, 0) is 13.2 Å². The first-order valence-corrected chi connectivity index (χ1v) is 13.5. The molecule has 0 saturated heterocycles. The van der Waals surface area contributed by atoms with Gasteiger partial charge in [-0.1, -0.05) is 78.4 Å². The first-order valence-electron chi connectivity index (χ1n) is 13.5. The molecule has 7 heteroatoms. The zero-order chi connectivity index (χ0) is 28.3. The summed E-state index contributed by atoms with van der Waals surface area (Å²) in [5.41, 5.74) is 7.20. The second kappa shape index (κ2) is 11.2. The Kier molecular flexibility index (Phi) is 7.17. The second-order valence-corrected chi connectivity index (χ2v) is 10.1. The average molecular weight is 546 g/mol. The molecule has 0 fully saturated rings. The smallest absolute Gasteiger partial charge is 0.273 e. The van der Waals surface area contributed by atoms with E-state index in [4.69, 9.17) is 14.2 Å². The van der Waals surface area contributed by atoms with E-state index in [0.29, 0.717) is 30.3 Å². The molecule has 1 aromatic heterocycles. The molecule has 206 valence electrons. The van der Waals surface area contributed by atoms with Crippen molar-refractivity contribution in [2.45, 2.75) is 26.1 Å². The summed E-state index contributed by atoms with van der Waals surface area (Å²) >= 11 is 0. The second-order valence-electron chi connectivity index (χ2n) is 10.1. The molecule has 0 radical (unpaired) electrons. The van der Waals surface area contributed by atoms with Crippen LogP contribution in [0.4, 0.5) is 0 Å². The molecule has 4 aromatic carbocycles. The van der Waals surface area contributed by atoms with E-state index in [1.54, 1.807) is 14.2 Å². The molecule has 6 rings (SSSR count). The Bertz CT molecular complexity index is 1660. The third-order valence-electron chi connectivity index (χ3n) is 7.44. The van der Waals surface area contributed by atoms with Crippen LogP contribution in [0.25, 0.3) is 11.3 Å². The minimum absolute atomic E-state index is 0.102. The molecule has 1 atom stereocenters. The molecule has 0 aliphatic carbocycles. The van der Waals surface area contributed by atoms with Crippen molar-refractivity contribution in [3.63, 3.8) is 0 Å². The maximum atomic E-state index is 13.9. The third kappa shape index (κ3) is 5.14. The number of hydrogen-bond donors (Lipinski definition) is 1. The lowest BCUT2D eigenvalue weighted by atomic mass is 9.95. The van der Waals surface area contributed by atoms with Gasteiger partial charge in [0.1, 0.15) is 18.1 Å². The number of amides is 1. The summed E-state index contributed by atoms with van der Waals surface area (Å²) < 4.78 is 17.2. The van der Waals surface area contributed by atoms with Crippen LogP contribution in [0.3, 0.4) is 0 Å². The van der Waals surface area contributed by atoms with Gasteiger partial charge in [0, 0.05) is 17.7 Å². The lowest BCUT2D eigenvalue weighted by Gasteiger charge is -2.27. The summed E-state index contributed by atoms with van der Waals surface area (Å²) in [6.07, 6.45) is 0. The van der Waals surface area contributed by atoms with Gasteiger partial charge in [-0.15, -0.1) is 0 Å². The van der Waals surface area contributed by atoms with Gasteiger partial charge in [0.15, 0.2) is 11.5 Å². The van der Waals surface area contributed by atoms with Gasteiger partial charge < -0.3 is 19.1 Å². The fourth-order valence-electron chi connectivity index (χ4n) is 5.27. The summed E-state index contributed by atoms with van der Waals surface area (Å²) in [5.74, 6) is 1.90. The number of aromatic nitrogens is 2. The third-order valence-corrected chi connectivity index (χ3v) is 7.44. The van der Waals surface area contributed by atoms with Crippen LogP contribution in [0.15, 0.2) is 97.1 Å². The van der Waals surface area contributed by atoms with E-state index in [-0.39, 0.29) is 11.9 Å². The highest BCUT2D eigenvalue weighted by Crippen LogP contribution is 2.45. The van der Waals surface area contributed by atoms with E-state index in [0.717, 1.165) is 44.8 Å². The molecule has 5 aromatic rings. The Balaban J connectivity index is 1.40. The molecule has 0 spiro atoms. The lowest BCUT2D eigenvalue weighted by Crippen LogP contribution is -2.29. The molecule has 0 saturated carbocycles. The number of hydrogen-bond acceptors (Lipinski definition) is 5. The molecular weight excluding hydrogens is 514 g/mol. The van der Waals surface area contributed by atoms with Gasteiger partial charge in [0.25, 0.3) is 5.91 Å². The van der Waals surface area contributed by atoms with E-state index in [2.05, 4.69) is 29.3 Å². The van der Waals surface area contributed by atoms with Crippen LogP contribution in [0.5, 0.6) is 17.2 Å². The van der Waals surface area contributed by atoms with Crippen molar-refractivity contribution in [3.8, 4) is 28.5 Å². The van der Waals surface area contributed by atoms with Gasteiger partial charge in [0.05, 0.1) is 26.0 Å². The normalized spacial score (nSPS) is 14.2. The van der Waals surface area contributed by atoms with E-state index in [9.17, 15) is 4.79 Å². The monoisotopic (exact) mass is 545 g/mol. The number of aromatic amines is 1. The number of H-pyrrole nitrogens is 1. The van der Waals surface area contributed by atoms with Crippen LogP contribution in [0.1, 0.15) is 44.3 Å². The Morgan fingerprint density at radius 2 is 1.59 bits per heavy atom. The number of carbonyl (C=O) groups is 1. The summed E-state index contributed by atoms with van der Waals surface area (Å²) in [6, 6.07) is 31.5. The summed E-state index contributed by atoms with van der Waals surface area (Å²) in [6.45, 7) is 2.89. The van der Waals surface area contributed by atoms with E-state index >= 15 is 0 Å². The molecule has 1 unspecified atom stereocenters. The molecule has 1 amide bonds. The van der Waals surface area contributed by atoms with Gasteiger partial charge >= 0.3 is 0 Å². The van der Waals surface area contributed by atoms with Gasteiger partial charge in [-0.05, 0) is 47.9 Å². The fraction of sp³-hybridized carbons (Fsp3) is 0.176. The SMILES string of the molecule is COc1ccc(CN2C(=O)c3[nH]nc(-c4ccc(C)cc4)c3C2c2ccc(OCc3ccccc3)c(OC)c2)cc1. The van der Waals surface area contributed by atoms with Crippen molar-refractivity contribution in [3.05, 3.63) is 131 Å². The number of fused-ring (bicyclic) bond motifs is 1. The predicted octanol–water partition coefficient (Wildman–Crippen LogP) is 6.73. The van der Waals surface area contributed by atoms with Gasteiger partial charge in [-0.2, -0.15) is 5.10 Å². The number of rotatable bonds is 9. The van der Waals surface area contributed by atoms with Crippen LogP contribution >= 0.6 is 0 Å². The first kappa shape index (κ1) is 26.2. The maximum Gasteiger partial charge on any atom is 0.273 e. The van der Waals surface area contributed by atoms with Gasteiger partial charge in [-0.25, -0.2) is 0 Å². The van der Waals surface area contributed by atoms with Crippen molar-refractivity contribution < 1.29 is 19.0 Å². The minimum Gasteiger partial charge on any atom is -0.497 e. The first-order chi connectivity index (χ1) is 20.1. The highest BCUT2D eigenvalue weighted by molar-refractivity contribution is 6.00. The van der Waals surface area contributed by atoms with E-state index < -0.39 is 0 Å². The van der Waals surface area contributed by atoms with Crippen LogP contribution < -0.4 is 14.2 Å². The van der Waals surface area contributed by atoms with Crippen molar-refractivity contribution in [2.24, 2.45) is 0 Å². The van der Waals surface area contributed by atoms with Crippen LogP contribution in [0, 0.1) is 6.92 Å². The molecule has 1 N–H and O–H groups in total. The standard InChI is InChI=1S/C34H31N3O4/c1-22-9-13-25(14-10-22)31-30-32(36-35-31)34(38)37(20-23-11-16-27(39-2)17-12-23)33(30)26-15-18-28(29(19-26)40-3)41-21-24-7-5-4-6-8-24/h4-19,33H,20-21H2,1-3H3,(H,35,36). The number of carbonyl (C=O) groups excluding carboxylic acids is 1. The summed E-state index contributed by atoms with van der Waals surface area (Å²) in [7, 11) is 3.27. The quantitative estimate of drug-likeness (QED) is 0.222. The van der Waals surface area contributed by atoms with Crippen molar-refractivity contribution in [1.29, 1.82) is 0 Å². The number of ether oxygens (including phenoxy) is 3. The molecule has 1 aliphatic rings. The van der Waals surface area contributed by atoms with E-state index in [1.165, 1.54) is 0 Å². The molecule has 1 aliphatic heterocycles. The number of nitrogens with one attached hydrogen (secondary N) is 1. The zero-order valence-electron chi connectivity index (χ0n) is 23.3.